The Hall–Kier alpha value is -3.02. The van der Waals surface area contributed by atoms with Gasteiger partial charge in [0.05, 0.1) is 11.3 Å². The maximum Gasteiger partial charge on any atom is 0.269 e. The van der Waals surface area contributed by atoms with Crippen molar-refractivity contribution in [2.45, 2.75) is 0 Å². The van der Waals surface area contributed by atoms with E-state index in [9.17, 15) is 9.59 Å². The number of carbonyl (C=O) groups is 2. The van der Waals surface area contributed by atoms with Crippen LogP contribution in [0.4, 0.5) is 17.1 Å². The molecule has 0 atom stereocenters. The Morgan fingerprint density at radius 3 is 2.57 bits per heavy atom. The molecule has 6 nitrogen and oxygen atoms in total. The highest BCUT2D eigenvalue weighted by Crippen LogP contribution is 2.39. The molecule has 2 aromatic rings. The summed E-state index contributed by atoms with van der Waals surface area (Å²) >= 11 is 0. The van der Waals surface area contributed by atoms with Crippen LogP contribution in [0, 0.1) is 0 Å². The van der Waals surface area contributed by atoms with Crippen LogP contribution >= 0.6 is 0 Å². The molecule has 0 fully saturated rings. The van der Waals surface area contributed by atoms with Gasteiger partial charge in [-0.25, -0.2) is 0 Å². The van der Waals surface area contributed by atoms with E-state index < -0.39 is 5.91 Å². The fraction of sp³-hybridized carbons (Fsp3) is 0.0667. The molecule has 4 N–H and O–H groups in total. The van der Waals surface area contributed by atoms with Crippen molar-refractivity contribution in [1.82, 2.24) is 0 Å². The van der Waals surface area contributed by atoms with Crippen molar-refractivity contribution in [1.29, 1.82) is 0 Å². The topological polar surface area (TPSA) is 98.6 Å². The molecule has 1 aliphatic heterocycles. The van der Waals surface area contributed by atoms with Gasteiger partial charge in [0.2, 0.25) is 0 Å². The number of anilines is 3. The summed E-state index contributed by atoms with van der Waals surface area (Å²) in [7, 11) is 0. The summed E-state index contributed by atoms with van der Waals surface area (Å²) in [6.45, 7) is -0.0861. The van der Waals surface area contributed by atoms with Crippen LogP contribution in [-0.2, 0) is 4.79 Å². The van der Waals surface area contributed by atoms with E-state index in [1.54, 1.807) is 12.1 Å². The van der Waals surface area contributed by atoms with E-state index >= 15 is 0 Å². The van der Waals surface area contributed by atoms with E-state index in [-0.39, 0.29) is 23.8 Å². The van der Waals surface area contributed by atoms with Crippen molar-refractivity contribution < 1.29 is 14.3 Å². The van der Waals surface area contributed by atoms with Crippen molar-refractivity contribution in [3.63, 3.8) is 0 Å². The Labute approximate surface area is 120 Å². The molecule has 0 saturated carbocycles. The minimum atomic E-state index is -0.652. The van der Waals surface area contributed by atoms with Crippen molar-refractivity contribution >= 4 is 28.9 Å². The number of fused-ring (bicyclic) bond motifs is 1. The predicted octanol–water partition coefficient (Wildman–Crippen LogP) is 1.42. The first-order valence-electron chi connectivity index (χ1n) is 6.32. The van der Waals surface area contributed by atoms with Crippen LogP contribution in [-0.4, -0.2) is 18.4 Å². The van der Waals surface area contributed by atoms with Gasteiger partial charge in [-0.1, -0.05) is 18.2 Å². The third-order valence-corrected chi connectivity index (χ3v) is 3.25. The zero-order valence-electron chi connectivity index (χ0n) is 11.1. The number of rotatable bonds is 2. The zero-order chi connectivity index (χ0) is 15.0. The molecule has 1 aliphatic rings. The molecule has 21 heavy (non-hydrogen) atoms. The number of nitrogens with zero attached hydrogens (tertiary/aromatic N) is 1. The van der Waals surface area contributed by atoms with E-state index in [0.717, 1.165) is 0 Å². The second kappa shape index (κ2) is 4.82. The van der Waals surface area contributed by atoms with Gasteiger partial charge in [0.15, 0.2) is 6.61 Å². The minimum absolute atomic E-state index is 0.0861. The lowest BCUT2D eigenvalue weighted by Crippen LogP contribution is -2.35. The Balaban J connectivity index is 2.19. The molecule has 0 radical (unpaired) electrons. The van der Waals surface area contributed by atoms with Gasteiger partial charge in [0.25, 0.3) is 11.8 Å². The molecule has 2 aromatic carbocycles. The zero-order valence-corrected chi connectivity index (χ0v) is 11.1. The Kier molecular flexibility index (Phi) is 2.98. The fourth-order valence-electron chi connectivity index (χ4n) is 2.29. The Morgan fingerprint density at radius 2 is 1.90 bits per heavy atom. The first-order valence-corrected chi connectivity index (χ1v) is 6.32. The summed E-state index contributed by atoms with van der Waals surface area (Å²) in [4.78, 5) is 25.1. The molecule has 6 heteroatoms. The van der Waals surface area contributed by atoms with E-state index in [4.69, 9.17) is 16.2 Å². The highest BCUT2D eigenvalue weighted by molar-refractivity contribution is 6.07. The summed E-state index contributed by atoms with van der Waals surface area (Å²) in [5.74, 6) is -0.434. The number of nitrogen functional groups attached to an aromatic ring is 1. The van der Waals surface area contributed by atoms with Gasteiger partial charge in [-0.3, -0.25) is 14.5 Å². The predicted molar refractivity (Wildman–Crippen MR) is 78.5 cm³/mol. The third kappa shape index (κ3) is 2.16. The summed E-state index contributed by atoms with van der Waals surface area (Å²) in [6.07, 6.45) is 0. The van der Waals surface area contributed by atoms with Gasteiger partial charge in [-0.15, -0.1) is 0 Å². The number of primary amides is 1. The van der Waals surface area contributed by atoms with E-state index in [2.05, 4.69) is 0 Å². The standard InChI is InChI=1S/C15H13N3O3/c16-11-7-13-12(6-10(11)15(17)20)18(14(19)8-21-13)9-4-2-1-3-5-9/h1-7H,8,16H2,(H2,17,20). The van der Waals surface area contributed by atoms with Crippen molar-refractivity contribution in [2.24, 2.45) is 5.73 Å². The number of ether oxygens (including phenoxy) is 1. The van der Waals surface area contributed by atoms with Crippen molar-refractivity contribution in [3.8, 4) is 5.75 Å². The fourth-order valence-corrected chi connectivity index (χ4v) is 2.29. The van der Waals surface area contributed by atoms with E-state index in [0.29, 0.717) is 17.1 Å². The second-order valence-electron chi connectivity index (χ2n) is 4.62. The number of benzene rings is 2. The van der Waals surface area contributed by atoms with Crippen molar-refractivity contribution in [2.75, 3.05) is 17.2 Å². The molecule has 1 heterocycles. The molecule has 3 rings (SSSR count). The monoisotopic (exact) mass is 283 g/mol. The minimum Gasteiger partial charge on any atom is -0.481 e. The molecule has 0 unspecified atom stereocenters. The van der Waals surface area contributed by atoms with Crippen LogP contribution < -0.4 is 21.1 Å². The van der Waals surface area contributed by atoms with E-state index in [1.165, 1.54) is 17.0 Å². The Morgan fingerprint density at radius 1 is 1.19 bits per heavy atom. The summed E-state index contributed by atoms with van der Waals surface area (Å²) < 4.78 is 5.38. The average Bonchev–Trinajstić information content (AvgIpc) is 2.47. The SMILES string of the molecule is NC(=O)c1cc2c(cc1N)OCC(=O)N2c1ccccc1. The van der Waals surface area contributed by atoms with E-state index in [1.807, 2.05) is 18.2 Å². The van der Waals surface area contributed by atoms with Crippen LogP contribution in [0.5, 0.6) is 5.75 Å². The molecule has 106 valence electrons. The second-order valence-corrected chi connectivity index (χ2v) is 4.62. The summed E-state index contributed by atoms with van der Waals surface area (Å²) in [6, 6.07) is 12.1. The van der Waals surface area contributed by atoms with Gasteiger partial charge in [0, 0.05) is 17.4 Å². The lowest BCUT2D eigenvalue weighted by molar-refractivity contribution is -0.120. The van der Waals surface area contributed by atoms with Crippen LogP contribution in [0.1, 0.15) is 10.4 Å². The van der Waals surface area contributed by atoms with Gasteiger partial charge >= 0.3 is 0 Å². The van der Waals surface area contributed by atoms with Crippen LogP contribution in [0.15, 0.2) is 42.5 Å². The first-order chi connectivity index (χ1) is 10.1. The first kappa shape index (κ1) is 13.0. The number of hydrogen-bond donors (Lipinski definition) is 2. The lowest BCUT2D eigenvalue weighted by atomic mass is 10.1. The summed E-state index contributed by atoms with van der Waals surface area (Å²) in [5, 5.41) is 0. The summed E-state index contributed by atoms with van der Waals surface area (Å²) in [5.41, 5.74) is 12.6. The van der Waals surface area contributed by atoms with Crippen LogP contribution in [0.25, 0.3) is 0 Å². The normalized spacial score (nSPS) is 13.5. The molecule has 2 amide bonds. The molecule has 0 aromatic heterocycles. The average molecular weight is 283 g/mol. The molecular weight excluding hydrogens is 270 g/mol. The van der Waals surface area contributed by atoms with Crippen LogP contribution in [0.2, 0.25) is 0 Å². The number of para-hydroxylation sites is 1. The largest absolute Gasteiger partial charge is 0.481 e. The molecule has 0 saturated heterocycles. The van der Waals surface area contributed by atoms with Gasteiger partial charge in [0.1, 0.15) is 5.75 Å². The molecule has 0 spiro atoms. The highest BCUT2D eigenvalue weighted by atomic mass is 16.5. The van der Waals surface area contributed by atoms with Gasteiger partial charge < -0.3 is 16.2 Å². The lowest BCUT2D eigenvalue weighted by Gasteiger charge is -2.30. The van der Waals surface area contributed by atoms with Gasteiger partial charge in [-0.05, 0) is 18.2 Å². The number of hydrogen-bond acceptors (Lipinski definition) is 4. The smallest absolute Gasteiger partial charge is 0.269 e. The maximum absolute atomic E-state index is 12.2. The highest BCUT2D eigenvalue weighted by Gasteiger charge is 2.28. The number of amides is 2. The molecule has 0 bridgehead atoms. The molecular formula is C15H13N3O3. The molecule has 0 aliphatic carbocycles. The number of carbonyl (C=O) groups excluding carboxylic acids is 2. The van der Waals surface area contributed by atoms with Gasteiger partial charge in [-0.2, -0.15) is 0 Å². The van der Waals surface area contributed by atoms with Crippen LogP contribution in [0.3, 0.4) is 0 Å². The van der Waals surface area contributed by atoms with Crippen molar-refractivity contribution in [3.05, 3.63) is 48.0 Å². The number of nitrogens with two attached hydrogens (primary N) is 2. The quantitative estimate of drug-likeness (QED) is 0.814. The maximum atomic E-state index is 12.2. The third-order valence-electron chi connectivity index (χ3n) is 3.25. The Bertz CT molecular complexity index is 728.